The van der Waals surface area contributed by atoms with Crippen molar-refractivity contribution in [2.45, 2.75) is 185 Å². The fourth-order valence-electron chi connectivity index (χ4n) is 5.39. The third-order valence-corrected chi connectivity index (χ3v) is 8.21. The minimum Gasteiger partial charge on any atom is -0.394 e. The lowest BCUT2D eigenvalue weighted by molar-refractivity contribution is -0.302. The number of carbonyl (C=O) groups is 1. The molecule has 1 heterocycles. The molecule has 0 saturated carbocycles. The van der Waals surface area contributed by atoms with E-state index in [4.69, 9.17) is 9.47 Å². The van der Waals surface area contributed by atoms with Crippen LogP contribution in [0.2, 0.25) is 0 Å². The first-order valence-electron chi connectivity index (χ1n) is 16.7. The van der Waals surface area contributed by atoms with Crippen LogP contribution in [0.15, 0.2) is 0 Å². The van der Waals surface area contributed by atoms with Gasteiger partial charge in [-0.25, -0.2) is 0 Å². The maximum absolute atomic E-state index is 12.7. The molecule has 9 heteroatoms. The maximum atomic E-state index is 12.7. The van der Waals surface area contributed by atoms with Gasteiger partial charge in [-0.3, -0.25) is 4.79 Å². The Balaban J connectivity index is 2.50. The van der Waals surface area contributed by atoms with Crippen molar-refractivity contribution in [1.82, 2.24) is 5.32 Å². The van der Waals surface area contributed by atoms with Crippen LogP contribution in [0.1, 0.15) is 142 Å². The van der Waals surface area contributed by atoms with E-state index in [1.54, 1.807) is 0 Å². The van der Waals surface area contributed by atoms with E-state index in [0.29, 0.717) is 12.8 Å². The Morgan fingerprint density at radius 1 is 0.732 bits per heavy atom. The first kappa shape index (κ1) is 38.2. The SMILES string of the molecule is CCCCCCCCCCCC(=O)NC(COC1OC(CO)C(O)C(O)C1O)C(O)CCCCCCCCCCC. The average molecular weight is 590 g/mol. The number of hydrogen-bond donors (Lipinski definition) is 6. The van der Waals surface area contributed by atoms with Crippen LogP contribution in [0.3, 0.4) is 0 Å². The van der Waals surface area contributed by atoms with Gasteiger partial charge in [-0.1, -0.05) is 123 Å². The van der Waals surface area contributed by atoms with E-state index < -0.39 is 49.5 Å². The number of amides is 1. The van der Waals surface area contributed by atoms with E-state index in [-0.39, 0.29) is 12.5 Å². The van der Waals surface area contributed by atoms with Crippen molar-refractivity contribution in [2.75, 3.05) is 13.2 Å². The van der Waals surface area contributed by atoms with Gasteiger partial charge in [0.15, 0.2) is 6.29 Å². The molecule has 1 amide bonds. The molecule has 7 unspecified atom stereocenters. The zero-order chi connectivity index (χ0) is 30.3. The lowest BCUT2D eigenvalue weighted by Gasteiger charge is -2.40. The Bertz CT molecular complexity index is 623. The molecule has 1 saturated heterocycles. The molecule has 1 fully saturated rings. The molecule has 0 radical (unpaired) electrons. The number of carbonyl (C=O) groups excluding carboxylic acids is 1. The van der Waals surface area contributed by atoms with Crippen LogP contribution in [0.5, 0.6) is 0 Å². The van der Waals surface area contributed by atoms with E-state index in [2.05, 4.69) is 19.2 Å². The maximum Gasteiger partial charge on any atom is 0.220 e. The van der Waals surface area contributed by atoms with Crippen LogP contribution < -0.4 is 5.32 Å². The van der Waals surface area contributed by atoms with Gasteiger partial charge >= 0.3 is 0 Å². The molecule has 0 aliphatic carbocycles. The van der Waals surface area contributed by atoms with Crippen LogP contribution in [-0.2, 0) is 14.3 Å². The van der Waals surface area contributed by atoms with Crippen LogP contribution in [0.25, 0.3) is 0 Å². The summed E-state index contributed by atoms with van der Waals surface area (Å²) in [5, 5.41) is 53.7. The first-order valence-corrected chi connectivity index (χ1v) is 16.7. The molecule has 41 heavy (non-hydrogen) atoms. The van der Waals surface area contributed by atoms with Gasteiger partial charge in [0.1, 0.15) is 24.4 Å². The summed E-state index contributed by atoms with van der Waals surface area (Å²) in [6.45, 7) is 3.75. The predicted molar refractivity (Wildman–Crippen MR) is 161 cm³/mol. The summed E-state index contributed by atoms with van der Waals surface area (Å²) in [5.41, 5.74) is 0. The summed E-state index contributed by atoms with van der Waals surface area (Å²) < 4.78 is 11.1. The summed E-state index contributed by atoms with van der Waals surface area (Å²) in [6, 6.07) is -0.706. The van der Waals surface area contributed by atoms with Crippen molar-refractivity contribution < 1.29 is 39.8 Å². The van der Waals surface area contributed by atoms with Crippen LogP contribution in [-0.4, -0.2) is 87.5 Å². The van der Waals surface area contributed by atoms with E-state index >= 15 is 0 Å². The molecule has 0 aromatic heterocycles. The highest BCUT2D eigenvalue weighted by atomic mass is 16.7. The minimum absolute atomic E-state index is 0.134. The van der Waals surface area contributed by atoms with Gasteiger partial charge in [-0.15, -0.1) is 0 Å². The molecule has 0 aromatic rings. The molecular formula is C32H63NO8. The van der Waals surface area contributed by atoms with Crippen LogP contribution >= 0.6 is 0 Å². The topological polar surface area (TPSA) is 149 Å². The van der Waals surface area contributed by atoms with E-state index in [1.807, 2.05) is 0 Å². The molecule has 0 bridgehead atoms. The van der Waals surface area contributed by atoms with Gasteiger partial charge in [0.2, 0.25) is 5.91 Å². The Morgan fingerprint density at radius 3 is 1.73 bits per heavy atom. The highest BCUT2D eigenvalue weighted by Crippen LogP contribution is 2.23. The zero-order valence-corrected chi connectivity index (χ0v) is 26.1. The standard InChI is InChI=1S/C32H63NO8/c1-3-5-7-9-11-13-15-17-19-21-26(35)25(24-40-32-31(39)30(38)29(37)27(23-34)41-32)33-28(36)22-20-18-16-14-12-10-8-6-4-2/h25-27,29-32,34-35,37-39H,3-24H2,1-2H3,(H,33,36). The van der Waals surface area contributed by atoms with Crippen molar-refractivity contribution >= 4 is 5.91 Å². The second kappa shape index (κ2) is 24.6. The Morgan fingerprint density at radius 2 is 1.22 bits per heavy atom. The van der Waals surface area contributed by atoms with Gasteiger partial charge < -0.3 is 40.3 Å². The average Bonchev–Trinajstić information content (AvgIpc) is 2.97. The van der Waals surface area contributed by atoms with Crippen molar-refractivity contribution in [3.05, 3.63) is 0 Å². The van der Waals surface area contributed by atoms with E-state index in [9.17, 15) is 30.3 Å². The monoisotopic (exact) mass is 589 g/mol. The number of unbranched alkanes of at least 4 members (excludes halogenated alkanes) is 16. The lowest BCUT2D eigenvalue weighted by Crippen LogP contribution is -2.60. The number of nitrogens with one attached hydrogen (secondary N) is 1. The zero-order valence-electron chi connectivity index (χ0n) is 26.1. The summed E-state index contributed by atoms with van der Waals surface area (Å²) in [4.78, 5) is 12.7. The van der Waals surface area contributed by atoms with Crippen molar-refractivity contribution in [3.8, 4) is 0 Å². The summed E-state index contributed by atoms with van der Waals surface area (Å²) in [5.74, 6) is -0.151. The normalized spacial score (nSPS) is 24.3. The third kappa shape index (κ3) is 17.2. The van der Waals surface area contributed by atoms with Gasteiger partial charge in [-0.2, -0.15) is 0 Å². The number of rotatable bonds is 26. The summed E-state index contributed by atoms with van der Waals surface area (Å²) in [6.07, 6.45) is 14.1. The molecular weight excluding hydrogens is 526 g/mol. The molecule has 1 rings (SSSR count). The molecule has 9 nitrogen and oxygen atoms in total. The quantitative estimate of drug-likeness (QED) is 0.0809. The number of ether oxygens (including phenoxy) is 2. The fraction of sp³-hybridized carbons (Fsp3) is 0.969. The first-order chi connectivity index (χ1) is 19.8. The second-order valence-electron chi connectivity index (χ2n) is 12.0. The predicted octanol–water partition coefficient (Wildman–Crippen LogP) is 4.49. The molecule has 1 aliphatic rings. The van der Waals surface area contributed by atoms with Crippen LogP contribution in [0.4, 0.5) is 0 Å². The number of hydrogen-bond acceptors (Lipinski definition) is 8. The van der Waals surface area contributed by atoms with Gasteiger partial charge in [0, 0.05) is 6.42 Å². The van der Waals surface area contributed by atoms with Gasteiger partial charge in [-0.05, 0) is 12.8 Å². The number of aliphatic hydroxyl groups excluding tert-OH is 5. The van der Waals surface area contributed by atoms with Gasteiger partial charge in [0.25, 0.3) is 0 Å². The molecule has 1 aliphatic heterocycles. The summed E-state index contributed by atoms with van der Waals surface area (Å²) >= 11 is 0. The summed E-state index contributed by atoms with van der Waals surface area (Å²) in [7, 11) is 0. The van der Waals surface area contributed by atoms with E-state index in [0.717, 1.165) is 38.5 Å². The Kier molecular flexibility index (Phi) is 22.9. The highest BCUT2D eigenvalue weighted by Gasteiger charge is 2.44. The van der Waals surface area contributed by atoms with E-state index in [1.165, 1.54) is 77.0 Å². The third-order valence-electron chi connectivity index (χ3n) is 8.21. The molecule has 244 valence electrons. The van der Waals surface area contributed by atoms with Crippen molar-refractivity contribution in [3.63, 3.8) is 0 Å². The molecule has 0 aromatic carbocycles. The van der Waals surface area contributed by atoms with Gasteiger partial charge in [0.05, 0.1) is 25.4 Å². The Hall–Kier alpha value is -0.810. The molecule has 7 atom stereocenters. The molecule has 6 N–H and O–H groups in total. The van der Waals surface area contributed by atoms with Crippen LogP contribution in [0, 0.1) is 0 Å². The lowest BCUT2D eigenvalue weighted by atomic mass is 9.99. The largest absolute Gasteiger partial charge is 0.394 e. The second-order valence-corrected chi connectivity index (χ2v) is 12.0. The van der Waals surface area contributed by atoms with Crippen molar-refractivity contribution in [2.24, 2.45) is 0 Å². The highest BCUT2D eigenvalue weighted by molar-refractivity contribution is 5.76. The smallest absolute Gasteiger partial charge is 0.220 e. The fourth-order valence-corrected chi connectivity index (χ4v) is 5.39. The molecule has 0 spiro atoms. The number of aliphatic hydroxyl groups is 5. The Labute approximate surface area is 249 Å². The van der Waals surface area contributed by atoms with Crippen molar-refractivity contribution in [1.29, 1.82) is 0 Å². The minimum atomic E-state index is -1.54.